The average molecular weight is 517 g/mol. The molecule has 2 aliphatic heterocycles. The fraction of sp³-hybridized carbons (Fsp3) is 0.654. The molecule has 0 aliphatic carbocycles. The van der Waals surface area contributed by atoms with Crippen molar-refractivity contribution in [2.45, 2.75) is 71.9 Å². The van der Waals surface area contributed by atoms with Gasteiger partial charge in [-0.25, -0.2) is 14.6 Å². The molecule has 0 bridgehead atoms. The number of hydrogen-bond donors (Lipinski definition) is 3. The summed E-state index contributed by atoms with van der Waals surface area (Å²) < 4.78 is 5.25. The Labute approximate surface area is 218 Å². The average Bonchev–Trinajstić information content (AvgIpc) is 2.83. The smallest absolute Gasteiger partial charge is 0.413 e. The number of anilines is 2. The lowest BCUT2D eigenvalue weighted by atomic mass is 9.82. The van der Waals surface area contributed by atoms with E-state index in [1.807, 2.05) is 0 Å². The van der Waals surface area contributed by atoms with Crippen LogP contribution in [-0.4, -0.2) is 77.0 Å². The molecule has 3 rings (SSSR count). The number of carbonyl (C=O) groups excluding carboxylic acids is 4. The minimum Gasteiger partial charge on any atom is -0.444 e. The number of pyridine rings is 1. The second-order valence-electron chi connectivity index (χ2n) is 11.1. The van der Waals surface area contributed by atoms with Crippen LogP contribution in [0.2, 0.25) is 0 Å². The van der Waals surface area contributed by atoms with Crippen molar-refractivity contribution in [2.24, 2.45) is 11.8 Å². The molecule has 11 nitrogen and oxygen atoms in total. The van der Waals surface area contributed by atoms with E-state index in [0.717, 1.165) is 25.7 Å². The van der Waals surface area contributed by atoms with E-state index in [4.69, 9.17) is 4.74 Å². The molecule has 2 saturated heterocycles. The number of urea groups is 1. The van der Waals surface area contributed by atoms with E-state index in [1.165, 1.54) is 6.20 Å². The fourth-order valence-corrected chi connectivity index (χ4v) is 5.05. The molecule has 1 aromatic heterocycles. The van der Waals surface area contributed by atoms with E-state index >= 15 is 0 Å². The quantitative estimate of drug-likeness (QED) is 0.528. The van der Waals surface area contributed by atoms with E-state index in [9.17, 15) is 19.2 Å². The number of amides is 5. The molecule has 1 aromatic rings. The summed E-state index contributed by atoms with van der Waals surface area (Å²) in [5.74, 6) is -0.595. The van der Waals surface area contributed by atoms with Gasteiger partial charge >= 0.3 is 23.9 Å². The highest BCUT2D eigenvalue weighted by Gasteiger charge is 2.39. The first-order chi connectivity index (χ1) is 17.4. The van der Waals surface area contributed by atoms with Gasteiger partial charge in [-0.2, -0.15) is 0 Å². The van der Waals surface area contributed by atoms with Gasteiger partial charge in [0.15, 0.2) is 0 Å². The predicted octanol–water partition coefficient (Wildman–Crippen LogP) is 3.35. The van der Waals surface area contributed by atoms with Crippen molar-refractivity contribution in [3.8, 4) is 0 Å². The lowest BCUT2D eigenvalue weighted by Crippen LogP contribution is -2.56. The molecular weight excluding hydrogens is 476 g/mol. The first-order valence-corrected chi connectivity index (χ1v) is 12.9. The number of aryl methyl sites for hydroxylation is 1. The monoisotopic (exact) mass is 516 g/mol. The van der Waals surface area contributed by atoms with Crippen molar-refractivity contribution < 1.29 is 23.9 Å². The minimum absolute atomic E-state index is 0.0952. The van der Waals surface area contributed by atoms with Crippen LogP contribution >= 0.6 is 0 Å². The number of likely N-dealkylation sites (tertiary alicyclic amines) is 2. The number of rotatable bonds is 3. The van der Waals surface area contributed by atoms with Crippen molar-refractivity contribution in [2.75, 3.05) is 37.3 Å². The lowest BCUT2D eigenvalue weighted by Gasteiger charge is -2.45. The first kappa shape index (κ1) is 28.2. The number of piperidine rings is 2. The van der Waals surface area contributed by atoms with Gasteiger partial charge in [-0.05, 0) is 76.8 Å². The minimum atomic E-state index is -0.730. The molecule has 5 amide bonds. The van der Waals surface area contributed by atoms with Crippen molar-refractivity contribution in [3.05, 3.63) is 17.8 Å². The molecule has 3 heterocycles. The van der Waals surface area contributed by atoms with Crippen LogP contribution in [0, 0.1) is 18.8 Å². The van der Waals surface area contributed by atoms with Crippen LogP contribution in [0.15, 0.2) is 12.3 Å². The second kappa shape index (κ2) is 11.8. The van der Waals surface area contributed by atoms with Crippen molar-refractivity contribution in [1.82, 2.24) is 20.1 Å². The Morgan fingerprint density at radius 1 is 1.08 bits per heavy atom. The Balaban J connectivity index is 1.67. The second-order valence-corrected chi connectivity index (χ2v) is 11.1. The summed E-state index contributed by atoms with van der Waals surface area (Å²) in [5.41, 5.74) is 0.321. The zero-order valence-corrected chi connectivity index (χ0v) is 22.7. The molecule has 2 aliphatic rings. The highest BCUT2D eigenvalue weighted by atomic mass is 16.6. The summed E-state index contributed by atoms with van der Waals surface area (Å²) in [4.78, 5) is 58.3. The molecule has 37 heavy (non-hydrogen) atoms. The predicted molar refractivity (Wildman–Crippen MR) is 140 cm³/mol. The van der Waals surface area contributed by atoms with Crippen LogP contribution in [0.25, 0.3) is 0 Å². The van der Waals surface area contributed by atoms with E-state index in [1.54, 1.807) is 50.6 Å². The molecule has 3 atom stereocenters. The molecular formula is C26H40N6O5. The maximum atomic E-state index is 13.3. The molecule has 1 unspecified atom stereocenters. The van der Waals surface area contributed by atoms with E-state index in [2.05, 4.69) is 27.9 Å². The van der Waals surface area contributed by atoms with Gasteiger partial charge in [0.2, 0.25) is 0 Å². The molecule has 0 saturated carbocycles. The lowest BCUT2D eigenvalue weighted by molar-refractivity contribution is -0.148. The van der Waals surface area contributed by atoms with Gasteiger partial charge in [0.1, 0.15) is 11.4 Å². The normalized spacial score (nSPS) is 22.2. The summed E-state index contributed by atoms with van der Waals surface area (Å²) in [7, 11) is 1.62. The number of nitrogens with zero attached hydrogens (tertiary/aromatic N) is 3. The summed E-state index contributed by atoms with van der Waals surface area (Å²) in [5, 5.41) is 7.93. The highest BCUT2D eigenvalue weighted by molar-refractivity contribution is 6.39. The summed E-state index contributed by atoms with van der Waals surface area (Å²) >= 11 is 0. The highest BCUT2D eigenvalue weighted by Crippen LogP contribution is 2.32. The maximum absolute atomic E-state index is 13.3. The Bertz CT molecular complexity index is 1020. The number of nitrogens with one attached hydrogen (secondary N) is 3. The van der Waals surface area contributed by atoms with Crippen LogP contribution in [-0.2, 0) is 14.3 Å². The topological polar surface area (TPSA) is 133 Å². The van der Waals surface area contributed by atoms with Crippen molar-refractivity contribution >= 4 is 35.4 Å². The third-order valence-electron chi connectivity index (χ3n) is 6.78. The summed E-state index contributed by atoms with van der Waals surface area (Å²) in [6, 6.07) is 1.43. The van der Waals surface area contributed by atoms with Crippen molar-refractivity contribution in [3.63, 3.8) is 0 Å². The number of carbonyl (C=O) groups is 4. The standard InChI is InChI=1S/C26H40N6O5/c1-16-9-10-20(18-8-7-11-31(15-18)24(35)27-6)32(14-16)23(34)22(33)29-19-12-17(2)21(28-13-19)30-25(36)37-26(3,4)5/h12-13,16,18,20H,7-11,14-15H2,1-6H3,(H,27,35)(H,29,33)(H,28,30,36)/t16-,18?,20+/m0/s1. The maximum Gasteiger partial charge on any atom is 0.413 e. The fourth-order valence-electron chi connectivity index (χ4n) is 5.05. The van der Waals surface area contributed by atoms with Crippen LogP contribution in [0.5, 0.6) is 0 Å². The Kier molecular flexibility index (Phi) is 8.98. The van der Waals surface area contributed by atoms with Crippen LogP contribution in [0.1, 0.15) is 58.9 Å². The zero-order chi connectivity index (χ0) is 27.3. The zero-order valence-electron chi connectivity index (χ0n) is 22.7. The van der Waals surface area contributed by atoms with Gasteiger partial charge in [-0.3, -0.25) is 14.9 Å². The number of aromatic nitrogens is 1. The summed E-state index contributed by atoms with van der Waals surface area (Å²) in [6.45, 7) is 10.9. The summed E-state index contributed by atoms with van der Waals surface area (Å²) in [6.07, 6.45) is 4.32. The van der Waals surface area contributed by atoms with Crippen LogP contribution < -0.4 is 16.0 Å². The van der Waals surface area contributed by atoms with E-state index in [0.29, 0.717) is 36.7 Å². The Hall–Kier alpha value is -3.37. The molecule has 0 spiro atoms. The molecule has 3 N–H and O–H groups in total. The van der Waals surface area contributed by atoms with Crippen molar-refractivity contribution in [1.29, 1.82) is 0 Å². The molecule has 0 aromatic carbocycles. The molecule has 0 radical (unpaired) electrons. The van der Waals surface area contributed by atoms with Gasteiger partial charge in [-0.1, -0.05) is 6.92 Å². The largest absolute Gasteiger partial charge is 0.444 e. The Morgan fingerprint density at radius 2 is 1.81 bits per heavy atom. The van der Waals surface area contributed by atoms with Gasteiger partial charge in [0.05, 0.1) is 11.9 Å². The third kappa shape index (κ3) is 7.56. The Morgan fingerprint density at radius 3 is 2.46 bits per heavy atom. The number of ether oxygens (including phenoxy) is 1. The van der Waals surface area contributed by atoms with Gasteiger partial charge in [0, 0.05) is 32.7 Å². The van der Waals surface area contributed by atoms with Crippen LogP contribution in [0.3, 0.4) is 0 Å². The SMILES string of the molecule is CNC(=O)N1CCCC([C@H]2CC[C@H](C)CN2C(=O)C(=O)Nc2cnc(NC(=O)OC(C)(C)C)c(C)c2)C1. The molecule has 2 fully saturated rings. The van der Waals surface area contributed by atoms with E-state index < -0.39 is 23.5 Å². The van der Waals surface area contributed by atoms with Gasteiger partial charge < -0.3 is 25.2 Å². The van der Waals surface area contributed by atoms with E-state index in [-0.39, 0.29) is 23.9 Å². The van der Waals surface area contributed by atoms with Crippen LogP contribution in [0.4, 0.5) is 21.1 Å². The first-order valence-electron chi connectivity index (χ1n) is 12.9. The van der Waals surface area contributed by atoms with Gasteiger partial charge in [-0.15, -0.1) is 0 Å². The molecule has 11 heteroatoms. The van der Waals surface area contributed by atoms with Gasteiger partial charge in [0.25, 0.3) is 0 Å². The number of hydrogen-bond acceptors (Lipinski definition) is 6. The third-order valence-corrected chi connectivity index (χ3v) is 6.78. The molecule has 204 valence electrons.